The van der Waals surface area contributed by atoms with E-state index in [1.807, 2.05) is 74.6 Å². The molecule has 4 nitrogen and oxygen atoms in total. The number of hydrogen-bond acceptors (Lipinski definition) is 6. The number of furan rings is 2. The number of rotatable bonds is 10. The number of fused-ring (bicyclic) bond motifs is 17. The van der Waals surface area contributed by atoms with Gasteiger partial charge in [0.15, 0.2) is 16.1 Å². The summed E-state index contributed by atoms with van der Waals surface area (Å²) in [7, 11) is -6.60. The van der Waals surface area contributed by atoms with E-state index < -0.39 is 27.3 Å². The topological polar surface area (TPSA) is 66.7 Å². The van der Waals surface area contributed by atoms with E-state index >= 15 is 0 Å². The lowest BCUT2D eigenvalue weighted by atomic mass is 9.78. The van der Waals surface area contributed by atoms with E-state index in [1.54, 1.807) is 0 Å². The van der Waals surface area contributed by atoms with E-state index in [4.69, 9.17) is 8.83 Å². The lowest BCUT2D eigenvalue weighted by Gasteiger charge is -2.38. The van der Waals surface area contributed by atoms with Crippen molar-refractivity contribution >= 4 is 165 Å². The van der Waals surface area contributed by atoms with Crippen molar-refractivity contribution in [3.05, 3.63) is 409 Å². The van der Waals surface area contributed by atoms with Gasteiger partial charge in [-0.2, -0.15) is 0 Å². The van der Waals surface area contributed by atoms with Crippen molar-refractivity contribution in [2.45, 2.75) is 77.4 Å². The molecule has 4 aromatic heterocycles. The molecule has 0 saturated carbocycles. The lowest BCUT2D eigenvalue weighted by molar-refractivity contribution is 0.0753. The monoisotopic (exact) mass is 1710 g/mol. The number of benzene rings is 18. The van der Waals surface area contributed by atoms with Gasteiger partial charge in [-0.05, 0) is 240 Å². The van der Waals surface area contributed by atoms with E-state index in [0.29, 0.717) is 0 Å². The first-order chi connectivity index (χ1) is 62.3. The molecular formula is C120H88O4S2Si2. The molecule has 22 aromatic rings. The molecule has 0 saturated heterocycles. The Kier molecular flexibility index (Phi) is 16.7. The summed E-state index contributed by atoms with van der Waals surface area (Å²) in [6.07, 6.45) is 0. The van der Waals surface area contributed by atoms with Crippen LogP contribution >= 0.6 is 22.7 Å². The summed E-state index contributed by atoms with van der Waals surface area (Å²) in [4.78, 5) is 0. The average molecular weight is 1710 g/mol. The molecule has 18 aromatic carbocycles. The van der Waals surface area contributed by atoms with Gasteiger partial charge in [-0.25, -0.2) is 0 Å². The molecule has 0 radical (unpaired) electrons. The van der Waals surface area contributed by atoms with E-state index in [9.17, 15) is 10.2 Å². The van der Waals surface area contributed by atoms with Gasteiger partial charge in [0.25, 0.3) is 0 Å². The number of thiophene rings is 2. The third kappa shape index (κ3) is 10.8. The van der Waals surface area contributed by atoms with Crippen LogP contribution < -0.4 is 41.5 Å². The molecule has 0 fully saturated rings. The second kappa shape index (κ2) is 27.9. The van der Waals surface area contributed by atoms with Gasteiger partial charge < -0.3 is 19.0 Å². The van der Waals surface area contributed by atoms with Gasteiger partial charge in [0.1, 0.15) is 22.3 Å². The zero-order valence-electron chi connectivity index (χ0n) is 72.3. The molecule has 0 atom stereocenters. The molecule has 26 rings (SSSR count). The number of aliphatic hydroxyl groups is 2. The van der Waals surface area contributed by atoms with Crippen LogP contribution in [-0.4, -0.2) is 26.4 Å². The lowest BCUT2D eigenvalue weighted by Crippen LogP contribution is -2.75. The van der Waals surface area contributed by atoms with Crippen molar-refractivity contribution in [3.8, 4) is 89.0 Å². The van der Waals surface area contributed by atoms with Crippen LogP contribution in [0.4, 0.5) is 0 Å². The zero-order valence-corrected chi connectivity index (χ0v) is 76.0. The number of para-hydroxylation sites is 2. The molecule has 612 valence electrons. The van der Waals surface area contributed by atoms with Gasteiger partial charge in [0.05, 0.1) is 11.2 Å². The highest BCUT2D eigenvalue weighted by atomic mass is 32.1. The van der Waals surface area contributed by atoms with Gasteiger partial charge in [0, 0.05) is 72.7 Å². The van der Waals surface area contributed by atoms with Crippen LogP contribution in [0.1, 0.15) is 88.8 Å². The van der Waals surface area contributed by atoms with Gasteiger partial charge in [-0.15, -0.1) is 22.7 Å². The van der Waals surface area contributed by atoms with Crippen LogP contribution in [0, 0.1) is 0 Å². The summed E-state index contributed by atoms with van der Waals surface area (Å²) in [6, 6.07) is 140. The Morgan fingerprint density at radius 1 is 0.250 bits per heavy atom. The van der Waals surface area contributed by atoms with Crippen molar-refractivity contribution in [3.63, 3.8) is 0 Å². The molecule has 2 N–H and O–H groups in total. The van der Waals surface area contributed by atoms with Crippen molar-refractivity contribution < 1.29 is 19.0 Å². The first kappa shape index (κ1) is 76.8. The highest BCUT2D eigenvalue weighted by Gasteiger charge is 2.56. The quantitative estimate of drug-likeness (QED) is 0.134. The maximum Gasteiger partial charge on any atom is 0.180 e. The summed E-state index contributed by atoms with van der Waals surface area (Å²) in [5, 5.41) is 45.0. The Morgan fingerprint density at radius 3 is 0.992 bits per heavy atom. The van der Waals surface area contributed by atoms with Crippen molar-refractivity contribution in [2.24, 2.45) is 0 Å². The predicted octanol–water partition coefficient (Wildman–Crippen LogP) is 26.4. The SMILES string of the molecule is CC(C)(O)c1ccc(C(C)(C)O)c2c1-c1ccc(-c3cccc4c3sc3ccccc34)cc1[Si](c1ccccc1)(c1ccccc1)c1cc(-c3cccc4oc5ccccc5c34)ccc1-2.CC1(C)c2cc(-c3cccc4c3sc3ccccc34)cc3c2-c2c1ccc1c2-c2c(cc(-c4cccc5oc6ccccc6c45)cc2[Si]3(c2ccccc2)c2ccccc2)C1(C)C. The standard InChI is InChI=1S/C60H46O3SSi.C60H42OSSi/c1-59(2,61)48-33-34-49(60(3,4)62)57-47-32-30-38(42-24-15-25-44-43-21-12-14-28-52(43)64-58(42)44)36-54(47)65(39-17-7-5-8-18-39,40-19-9-6-10-20-40)53-35-37(29-31-46(53)56(48)57)41-23-16-27-51-55(41)45-22-11-13-26-50(45)63-51;1-59(2)44-29-30-45-57-55-47(60(45,3)4)32-36(40-24-15-25-42-41-21-12-14-28-50(41)62-58(40)42)34-52(55)63(37-17-7-5-8-18-37,38-19-9-6-10-20-38)51-33-35(31-46(59)54(51)56(44)57)39-23-16-27-49-53(39)43-22-11-13-26-48(43)61-49/h5-36,61-62H,1-4H3;5-34H,1-4H3. The molecule has 0 spiro atoms. The molecule has 2 aliphatic carbocycles. The van der Waals surface area contributed by atoms with Gasteiger partial charge in [0.2, 0.25) is 0 Å². The summed E-state index contributed by atoms with van der Waals surface area (Å²) in [5.74, 6) is 0. The largest absolute Gasteiger partial charge is 0.456 e. The Bertz CT molecular complexity index is 8380. The summed E-state index contributed by atoms with van der Waals surface area (Å²) in [5.41, 5.74) is 27.5. The van der Waals surface area contributed by atoms with Crippen LogP contribution in [0.25, 0.3) is 173 Å². The highest BCUT2D eigenvalue weighted by Crippen LogP contribution is 2.62. The highest BCUT2D eigenvalue weighted by molar-refractivity contribution is 7.27. The fourth-order valence-electron chi connectivity index (χ4n) is 23.4. The van der Waals surface area contributed by atoms with E-state index in [1.165, 1.54) is 160 Å². The molecule has 8 heteroatoms. The molecule has 4 aliphatic rings. The summed E-state index contributed by atoms with van der Waals surface area (Å²) < 4.78 is 18.3. The predicted molar refractivity (Wildman–Crippen MR) is 546 cm³/mol. The minimum Gasteiger partial charge on any atom is -0.456 e. The zero-order chi connectivity index (χ0) is 86.2. The van der Waals surface area contributed by atoms with Gasteiger partial charge in [-0.1, -0.05) is 355 Å². The van der Waals surface area contributed by atoms with Gasteiger partial charge in [-0.3, -0.25) is 0 Å². The molecular weight excluding hydrogens is 1630 g/mol. The van der Waals surface area contributed by atoms with E-state index in [2.05, 4.69) is 380 Å². The maximum absolute atomic E-state index is 12.3. The first-order valence-corrected chi connectivity index (χ1v) is 50.2. The molecule has 0 unspecified atom stereocenters. The first-order valence-electron chi connectivity index (χ1n) is 44.6. The Balaban J connectivity index is 0.000000139. The molecule has 0 bridgehead atoms. The molecule has 0 amide bonds. The van der Waals surface area contributed by atoms with E-state index in [-0.39, 0.29) is 10.8 Å². The summed E-state index contributed by atoms with van der Waals surface area (Å²) >= 11 is 3.78. The third-order valence-electron chi connectivity index (χ3n) is 29.1. The van der Waals surface area contributed by atoms with Crippen LogP contribution in [0.15, 0.2) is 385 Å². The van der Waals surface area contributed by atoms with Crippen molar-refractivity contribution in [1.29, 1.82) is 0 Å². The summed E-state index contributed by atoms with van der Waals surface area (Å²) in [6.45, 7) is 17.4. The van der Waals surface area contributed by atoms with Crippen molar-refractivity contribution in [2.75, 3.05) is 0 Å². The van der Waals surface area contributed by atoms with Crippen molar-refractivity contribution in [1.82, 2.24) is 0 Å². The van der Waals surface area contributed by atoms with Crippen LogP contribution in [0.5, 0.6) is 0 Å². The fourth-order valence-corrected chi connectivity index (χ4v) is 36.4. The van der Waals surface area contributed by atoms with Gasteiger partial charge >= 0.3 is 0 Å². The number of hydrogen-bond donors (Lipinski definition) is 2. The molecule has 128 heavy (non-hydrogen) atoms. The minimum absolute atomic E-state index is 0.214. The average Bonchev–Trinajstić information content (AvgIpc) is 1.49. The Morgan fingerprint density at radius 2 is 0.570 bits per heavy atom. The van der Waals surface area contributed by atoms with Crippen LogP contribution in [0.3, 0.4) is 0 Å². The normalized spacial score (nSPS) is 14.6. The minimum atomic E-state index is -3.40. The maximum atomic E-state index is 12.3. The smallest absolute Gasteiger partial charge is 0.180 e. The third-order valence-corrected chi connectivity index (χ3v) is 41.2. The Labute approximate surface area is 753 Å². The second-order valence-electron chi connectivity index (χ2n) is 37.7. The second-order valence-corrected chi connectivity index (χ2v) is 47.3. The molecule has 2 aliphatic heterocycles. The fraction of sp³-hybridized carbons (Fsp3) is 0.100. The molecule has 6 heterocycles. The van der Waals surface area contributed by atoms with Crippen LogP contribution in [0.2, 0.25) is 0 Å². The van der Waals surface area contributed by atoms with Crippen LogP contribution in [-0.2, 0) is 22.0 Å². The Hall–Kier alpha value is -13.6. The van der Waals surface area contributed by atoms with E-state index in [0.717, 1.165) is 88.6 Å².